The molecule has 1 aliphatic heterocycles. The fraction of sp³-hybridized carbons (Fsp3) is 0.556. The third-order valence-corrected chi connectivity index (χ3v) is 1.89. The molecule has 0 unspecified atom stereocenters. The Labute approximate surface area is 78.0 Å². The Balaban J connectivity index is 2.47. The van der Waals surface area contributed by atoms with Crippen LogP contribution < -0.4 is 0 Å². The van der Waals surface area contributed by atoms with E-state index in [0.29, 0.717) is 6.54 Å². The summed E-state index contributed by atoms with van der Waals surface area (Å²) in [6.45, 7) is 1.27. The average molecular weight is 183 g/mol. The fourth-order valence-corrected chi connectivity index (χ4v) is 1.05. The van der Waals surface area contributed by atoms with Gasteiger partial charge >= 0.3 is 0 Å². The smallest absolute Gasteiger partial charge is 0.253 e. The highest BCUT2D eigenvalue weighted by molar-refractivity contribution is 6.12. The lowest BCUT2D eigenvalue weighted by Crippen LogP contribution is -2.43. The van der Waals surface area contributed by atoms with E-state index in [0.717, 1.165) is 11.0 Å². The summed E-state index contributed by atoms with van der Waals surface area (Å²) in [4.78, 5) is 23.5. The van der Waals surface area contributed by atoms with Gasteiger partial charge in [0.25, 0.3) is 11.8 Å². The summed E-state index contributed by atoms with van der Waals surface area (Å²) in [6.07, 6.45) is 2.63. The second-order valence-corrected chi connectivity index (χ2v) is 4.18. The number of nitrogens with zero attached hydrogens (tertiary/aromatic N) is 2. The van der Waals surface area contributed by atoms with Crippen molar-refractivity contribution in [2.45, 2.75) is 0 Å². The second kappa shape index (κ2) is 3.30. The lowest BCUT2D eigenvalue weighted by Gasteiger charge is -2.26. The molecule has 0 aromatic carbocycles. The van der Waals surface area contributed by atoms with Crippen LogP contribution in [-0.4, -0.2) is 55.4 Å². The first kappa shape index (κ1) is 9.92. The van der Waals surface area contributed by atoms with Gasteiger partial charge in [-0.3, -0.25) is 14.5 Å². The highest BCUT2D eigenvalue weighted by Gasteiger charge is 2.24. The molecule has 1 heterocycles. The summed E-state index contributed by atoms with van der Waals surface area (Å²) in [6, 6.07) is 0. The number of imide groups is 1. The van der Waals surface area contributed by atoms with Gasteiger partial charge in [0.2, 0.25) is 0 Å². The number of carbonyl (C=O) groups is 2. The molecule has 1 rings (SSSR count). The van der Waals surface area contributed by atoms with Gasteiger partial charge < -0.3 is 4.48 Å². The zero-order valence-electron chi connectivity index (χ0n) is 8.28. The van der Waals surface area contributed by atoms with E-state index < -0.39 is 0 Å². The number of quaternary nitrogens is 1. The van der Waals surface area contributed by atoms with Crippen LogP contribution >= 0.6 is 0 Å². The monoisotopic (exact) mass is 183 g/mol. The van der Waals surface area contributed by atoms with Gasteiger partial charge in [0.1, 0.15) is 0 Å². The van der Waals surface area contributed by atoms with Crippen molar-refractivity contribution in [3.05, 3.63) is 12.2 Å². The van der Waals surface area contributed by atoms with E-state index in [1.165, 1.54) is 17.1 Å². The second-order valence-electron chi connectivity index (χ2n) is 4.18. The molecule has 0 saturated carbocycles. The standard InChI is InChI=1S/C9H15N2O2/c1-11(2,3)7-6-10-8(12)4-5-9(10)13/h4-5H,6-7H2,1-3H3/q+1. The van der Waals surface area contributed by atoms with Crippen molar-refractivity contribution in [2.24, 2.45) is 0 Å². The number of carbonyl (C=O) groups excluding carboxylic acids is 2. The SMILES string of the molecule is C[N+](C)(C)CCN1C(=O)C=CC1=O. The van der Waals surface area contributed by atoms with Crippen molar-refractivity contribution in [1.29, 1.82) is 0 Å². The van der Waals surface area contributed by atoms with Crippen molar-refractivity contribution in [3.63, 3.8) is 0 Å². The van der Waals surface area contributed by atoms with Crippen molar-refractivity contribution < 1.29 is 14.1 Å². The van der Waals surface area contributed by atoms with Gasteiger partial charge in [-0.15, -0.1) is 0 Å². The Morgan fingerprint density at radius 2 is 1.62 bits per heavy atom. The third-order valence-electron chi connectivity index (χ3n) is 1.89. The molecule has 1 aliphatic rings. The van der Waals surface area contributed by atoms with Crippen molar-refractivity contribution in [1.82, 2.24) is 4.90 Å². The van der Waals surface area contributed by atoms with Crippen LogP contribution in [0.2, 0.25) is 0 Å². The molecule has 0 atom stereocenters. The van der Waals surface area contributed by atoms with Gasteiger partial charge in [-0.2, -0.15) is 0 Å². The number of amides is 2. The Bertz CT molecular complexity index is 245. The minimum atomic E-state index is -0.196. The van der Waals surface area contributed by atoms with Crippen molar-refractivity contribution in [2.75, 3.05) is 34.2 Å². The molecule has 0 aromatic rings. The van der Waals surface area contributed by atoms with Crippen LogP contribution in [0.5, 0.6) is 0 Å². The highest BCUT2D eigenvalue weighted by atomic mass is 16.2. The quantitative estimate of drug-likeness (QED) is 0.442. The number of rotatable bonds is 3. The van der Waals surface area contributed by atoms with Gasteiger partial charge in [-0.25, -0.2) is 0 Å². The summed E-state index contributed by atoms with van der Waals surface area (Å²) in [5.74, 6) is -0.392. The largest absolute Gasteiger partial charge is 0.329 e. The third kappa shape index (κ3) is 2.66. The van der Waals surface area contributed by atoms with Crippen LogP contribution in [0.25, 0.3) is 0 Å². The van der Waals surface area contributed by atoms with Crippen molar-refractivity contribution >= 4 is 11.8 Å². The van der Waals surface area contributed by atoms with Gasteiger partial charge in [-0.05, 0) is 0 Å². The predicted molar refractivity (Wildman–Crippen MR) is 48.8 cm³/mol. The van der Waals surface area contributed by atoms with Gasteiger partial charge in [0.15, 0.2) is 0 Å². The van der Waals surface area contributed by atoms with Crippen LogP contribution in [0.4, 0.5) is 0 Å². The maximum Gasteiger partial charge on any atom is 0.253 e. The van der Waals surface area contributed by atoms with Crippen LogP contribution in [0.1, 0.15) is 0 Å². The highest BCUT2D eigenvalue weighted by Crippen LogP contribution is 2.03. The first-order valence-electron chi connectivity index (χ1n) is 4.24. The molecule has 2 amide bonds. The summed E-state index contributed by atoms with van der Waals surface area (Å²) >= 11 is 0. The summed E-state index contributed by atoms with van der Waals surface area (Å²) < 4.78 is 0.747. The molecule has 4 heteroatoms. The first-order valence-corrected chi connectivity index (χ1v) is 4.24. The van der Waals surface area contributed by atoms with E-state index in [4.69, 9.17) is 0 Å². The fourth-order valence-electron chi connectivity index (χ4n) is 1.05. The van der Waals surface area contributed by atoms with Gasteiger partial charge in [-0.1, -0.05) is 0 Å². The molecule has 0 bridgehead atoms. The number of hydrogen-bond acceptors (Lipinski definition) is 2. The van der Waals surface area contributed by atoms with E-state index in [1.54, 1.807) is 0 Å². The van der Waals surface area contributed by atoms with Crippen LogP contribution in [0, 0.1) is 0 Å². The molecule has 0 N–H and O–H groups in total. The minimum absolute atomic E-state index is 0.196. The summed E-state index contributed by atoms with van der Waals surface area (Å²) in [5.41, 5.74) is 0. The molecular formula is C9H15N2O2+. The molecule has 4 nitrogen and oxygen atoms in total. The Morgan fingerprint density at radius 3 is 2.00 bits per heavy atom. The van der Waals surface area contributed by atoms with E-state index in [1.807, 2.05) is 21.1 Å². The van der Waals surface area contributed by atoms with E-state index in [-0.39, 0.29) is 11.8 Å². The molecule has 0 saturated heterocycles. The molecule has 72 valence electrons. The Hall–Kier alpha value is -1.16. The predicted octanol–water partition coefficient (Wildman–Crippen LogP) is -0.382. The maximum absolute atomic E-state index is 11.1. The molecule has 13 heavy (non-hydrogen) atoms. The lowest BCUT2D eigenvalue weighted by molar-refractivity contribution is -0.869. The normalized spacial score (nSPS) is 17.3. The van der Waals surface area contributed by atoms with Crippen LogP contribution in [-0.2, 0) is 9.59 Å². The maximum atomic E-state index is 11.1. The summed E-state index contributed by atoms with van der Waals surface area (Å²) in [5, 5.41) is 0. The molecule has 0 radical (unpaired) electrons. The van der Waals surface area contributed by atoms with Crippen molar-refractivity contribution in [3.8, 4) is 0 Å². The number of likely N-dealkylation sites (N-methyl/N-ethyl adjacent to an activating group) is 1. The van der Waals surface area contributed by atoms with Crippen LogP contribution in [0.15, 0.2) is 12.2 Å². The topological polar surface area (TPSA) is 37.4 Å². The minimum Gasteiger partial charge on any atom is -0.329 e. The number of hydrogen-bond donors (Lipinski definition) is 0. The van der Waals surface area contributed by atoms with E-state index in [9.17, 15) is 9.59 Å². The zero-order chi connectivity index (χ0) is 10.1. The van der Waals surface area contributed by atoms with Crippen LogP contribution in [0.3, 0.4) is 0 Å². The zero-order valence-corrected chi connectivity index (χ0v) is 8.28. The first-order chi connectivity index (χ1) is 5.90. The van der Waals surface area contributed by atoms with Gasteiger partial charge in [0.05, 0.1) is 34.2 Å². The lowest BCUT2D eigenvalue weighted by atomic mass is 10.4. The molecular weight excluding hydrogens is 168 g/mol. The molecule has 0 aliphatic carbocycles. The Morgan fingerprint density at radius 1 is 1.15 bits per heavy atom. The summed E-state index contributed by atoms with van der Waals surface area (Å²) in [7, 11) is 6.08. The van der Waals surface area contributed by atoms with Gasteiger partial charge in [0, 0.05) is 12.2 Å². The van der Waals surface area contributed by atoms with E-state index in [2.05, 4.69) is 0 Å². The molecule has 0 aromatic heterocycles. The Kier molecular flexibility index (Phi) is 2.52. The van der Waals surface area contributed by atoms with E-state index >= 15 is 0 Å². The molecule has 0 spiro atoms. The average Bonchev–Trinajstić information content (AvgIpc) is 2.27. The molecule has 0 fully saturated rings.